The Morgan fingerprint density at radius 3 is 2.53 bits per heavy atom. The molecule has 0 saturated heterocycles. The van der Waals surface area contributed by atoms with Gasteiger partial charge in [-0.1, -0.05) is 0 Å². The maximum absolute atomic E-state index is 13.5. The van der Waals surface area contributed by atoms with Crippen LogP contribution in [0.5, 0.6) is 0 Å². The van der Waals surface area contributed by atoms with Gasteiger partial charge in [0, 0.05) is 6.07 Å². The van der Waals surface area contributed by atoms with Crippen LogP contribution < -0.4 is 0 Å². The van der Waals surface area contributed by atoms with Gasteiger partial charge in [-0.3, -0.25) is 4.79 Å². The first-order valence-electron chi connectivity index (χ1n) is 4.74. The summed E-state index contributed by atoms with van der Waals surface area (Å²) in [6.45, 7) is 1.47. The van der Waals surface area contributed by atoms with Gasteiger partial charge in [0.05, 0.1) is 17.4 Å². The molecule has 2 aromatic rings. The lowest BCUT2D eigenvalue weighted by Crippen LogP contribution is -2.05. The minimum absolute atomic E-state index is 0.175. The van der Waals surface area contributed by atoms with E-state index in [2.05, 4.69) is 15.9 Å². The largest absolute Gasteiger partial charge is 0.457 e. The van der Waals surface area contributed by atoms with Crippen molar-refractivity contribution in [3.8, 4) is 0 Å². The second kappa shape index (κ2) is 4.41. The zero-order chi connectivity index (χ0) is 12.6. The van der Waals surface area contributed by atoms with Gasteiger partial charge in [0.2, 0.25) is 0 Å². The number of carbonyl (C=O) groups excluding carboxylic acids is 1. The van der Waals surface area contributed by atoms with Crippen molar-refractivity contribution in [1.29, 1.82) is 0 Å². The summed E-state index contributed by atoms with van der Waals surface area (Å²) in [5, 5.41) is 0. The fourth-order valence-corrected chi connectivity index (χ4v) is 1.85. The normalized spacial score (nSPS) is 10.6. The summed E-state index contributed by atoms with van der Waals surface area (Å²) < 4.78 is 31.7. The molecule has 1 heterocycles. The quantitative estimate of drug-likeness (QED) is 0.788. The fraction of sp³-hybridized carbons (Fsp3) is 0.0833. The Hall–Kier alpha value is -1.49. The highest BCUT2D eigenvalue weighted by Crippen LogP contribution is 2.23. The second-order valence-electron chi connectivity index (χ2n) is 3.52. The van der Waals surface area contributed by atoms with Crippen LogP contribution in [0.1, 0.15) is 21.5 Å². The molecule has 0 aliphatic heterocycles. The second-order valence-corrected chi connectivity index (χ2v) is 4.24. The monoisotopic (exact) mass is 300 g/mol. The molecule has 5 heteroatoms. The van der Waals surface area contributed by atoms with Gasteiger partial charge < -0.3 is 4.42 Å². The molecule has 0 unspecified atom stereocenters. The number of furan rings is 1. The molecule has 2 nitrogen and oxygen atoms in total. The van der Waals surface area contributed by atoms with Crippen LogP contribution in [0.25, 0.3) is 0 Å². The Bertz CT molecular complexity index is 590. The molecule has 0 spiro atoms. The van der Waals surface area contributed by atoms with E-state index in [1.54, 1.807) is 0 Å². The van der Waals surface area contributed by atoms with E-state index in [-0.39, 0.29) is 21.4 Å². The lowest BCUT2D eigenvalue weighted by atomic mass is 10.0. The highest BCUT2D eigenvalue weighted by molar-refractivity contribution is 9.10. The van der Waals surface area contributed by atoms with Gasteiger partial charge in [0.1, 0.15) is 11.6 Å². The molecule has 17 heavy (non-hydrogen) atoms. The van der Waals surface area contributed by atoms with E-state index in [9.17, 15) is 13.6 Å². The third-order valence-electron chi connectivity index (χ3n) is 2.36. The predicted octanol–water partition coefficient (Wildman–Crippen LogP) is 3.86. The smallest absolute Gasteiger partial charge is 0.200 e. The van der Waals surface area contributed by atoms with Crippen molar-refractivity contribution in [3.63, 3.8) is 0 Å². The van der Waals surface area contributed by atoms with Crippen molar-refractivity contribution < 1.29 is 18.0 Å². The molecule has 88 valence electrons. The van der Waals surface area contributed by atoms with E-state index in [1.807, 2.05) is 0 Å². The van der Waals surface area contributed by atoms with Crippen molar-refractivity contribution >= 4 is 21.7 Å². The molecule has 0 amide bonds. The van der Waals surface area contributed by atoms with Crippen LogP contribution in [-0.2, 0) is 0 Å². The molecule has 0 bridgehead atoms. The zero-order valence-corrected chi connectivity index (χ0v) is 10.3. The zero-order valence-electron chi connectivity index (χ0n) is 8.76. The summed E-state index contributed by atoms with van der Waals surface area (Å²) in [4.78, 5) is 12.0. The fourth-order valence-electron chi connectivity index (χ4n) is 1.43. The first-order valence-corrected chi connectivity index (χ1v) is 5.53. The average Bonchev–Trinajstić information content (AvgIpc) is 2.69. The van der Waals surface area contributed by atoms with E-state index in [1.165, 1.54) is 25.3 Å². The van der Waals surface area contributed by atoms with E-state index in [0.29, 0.717) is 6.07 Å². The number of hydrogen-bond donors (Lipinski definition) is 0. The Kier molecular flexibility index (Phi) is 3.11. The predicted molar refractivity (Wildman–Crippen MR) is 60.9 cm³/mol. The lowest BCUT2D eigenvalue weighted by molar-refractivity contribution is 0.103. The van der Waals surface area contributed by atoms with Crippen LogP contribution in [0.3, 0.4) is 0 Å². The van der Waals surface area contributed by atoms with E-state index in [4.69, 9.17) is 4.42 Å². The molecule has 0 radical (unpaired) electrons. The number of aryl methyl sites for hydroxylation is 1. The van der Waals surface area contributed by atoms with Crippen LogP contribution in [0.15, 0.2) is 33.5 Å². The molecular formula is C12H7BrF2O2. The topological polar surface area (TPSA) is 30.2 Å². The molecule has 0 N–H and O–H groups in total. The number of halogens is 3. The van der Waals surface area contributed by atoms with Crippen molar-refractivity contribution in [1.82, 2.24) is 0 Å². The molecule has 1 aromatic heterocycles. The molecule has 0 fully saturated rings. The van der Waals surface area contributed by atoms with E-state index in [0.717, 1.165) is 0 Å². The number of benzene rings is 1. The number of carbonyl (C=O) groups is 1. The SMILES string of the molecule is Cc1cc(C(=O)c2ccoc2Br)c(F)cc1F. The molecule has 0 saturated carbocycles. The van der Waals surface area contributed by atoms with Gasteiger partial charge in [0.25, 0.3) is 0 Å². The van der Waals surface area contributed by atoms with Gasteiger partial charge in [-0.05, 0) is 40.5 Å². The Morgan fingerprint density at radius 2 is 1.94 bits per heavy atom. The summed E-state index contributed by atoms with van der Waals surface area (Å²) in [5.41, 5.74) is 0.246. The summed E-state index contributed by atoms with van der Waals surface area (Å²) in [5.74, 6) is -2.11. The highest BCUT2D eigenvalue weighted by atomic mass is 79.9. The number of hydrogen-bond acceptors (Lipinski definition) is 2. The molecule has 2 rings (SSSR count). The standard InChI is InChI=1S/C12H7BrF2O2/c1-6-4-8(10(15)5-9(6)14)11(16)7-2-3-17-12(7)13/h2-5H,1H3. The Labute approximate surface area is 104 Å². The van der Waals surface area contributed by atoms with Crippen molar-refractivity contribution in [2.24, 2.45) is 0 Å². The third kappa shape index (κ3) is 2.15. The maximum Gasteiger partial charge on any atom is 0.200 e. The number of ketones is 1. The number of rotatable bonds is 2. The van der Waals surface area contributed by atoms with Crippen LogP contribution in [0.2, 0.25) is 0 Å². The molecule has 0 aliphatic rings. The van der Waals surface area contributed by atoms with Gasteiger partial charge in [0.15, 0.2) is 10.5 Å². The van der Waals surface area contributed by atoms with Crippen molar-refractivity contribution in [3.05, 3.63) is 57.5 Å². The van der Waals surface area contributed by atoms with Crippen LogP contribution in [0.4, 0.5) is 8.78 Å². The molecule has 0 aliphatic carbocycles. The Balaban J connectivity index is 2.52. The van der Waals surface area contributed by atoms with E-state index >= 15 is 0 Å². The van der Waals surface area contributed by atoms with Crippen molar-refractivity contribution in [2.75, 3.05) is 0 Å². The average molecular weight is 301 g/mol. The summed E-state index contributed by atoms with van der Waals surface area (Å²) in [6.07, 6.45) is 1.31. The third-order valence-corrected chi connectivity index (χ3v) is 2.97. The minimum Gasteiger partial charge on any atom is -0.457 e. The van der Waals surface area contributed by atoms with Crippen LogP contribution in [-0.4, -0.2) is 5.78 Å². The van der Waals surface area contributed by atoms with Gasteiger partial charge in [-0.2, -0.15) is 0 Å². The summed E-state index contributed by atoms with van der Waals surface area (Å²) in [7, 11) is 0. The minimum atomic E-state index is -0.883. The lowest BCUT2D eigenvalue weighted by Gasteiger charge is -2.03. The highest BCUT2D eigenvalue weighted by Gasteiger charge is 2.19. The molecular weight excluding hydrogens is 294 g/mol. The van der Waals surface area contributed by atoms with Gasteiger partial charge in [-0.15, -0.1) is 0 Å². The molecule has 0 atom stereocenters. The first kappa shape index (κ1) is 12.0. The summed E-state index contributed by atoms with van der Waals surface area (Å²) >= 11 is 3.04. The Morgan fingerprint density at radius 1 is 1.24 bits per heavy atom. The van der Waals surface area contributed by atoms with E-state index < -0.39 is 17.4 Å². The van der Waals surface area contributed by atoms with Crippen LogP contribution >= 0.6 is 15.9 Å². The van der Waals surface area contributed by atoms with Gasteiger partial charge in [-0.25, -0.2) is 8.78 Å². The summed E-state index contributed by atoms with van der Waals surface area (Å²) in [6, 6.07) is 3.31. The first-order chi connectivity index (χ1) is 8.00. The van der Waals surface area contributed by atoms with Gasteiger partial charge >= 0.3 is 0 Å². The van der Waals surface area contributed by atoms with Crippen LogP contribution in [0, 0.1) is 18.6 Å². The molecule has 1 aromatic carbocycles. The van der Waals surface area contributed by atoms with Crippen molar-refractivity contribution in [2.45, 2.75) is 6.92 Å². The maximum atomic E-state index is 13.5.